The fourth-order valence-electron chi connectivity index (χ4n) is 0.642. The van der Waals surface area contributed by atoms with Crippen molar-refractivity contribution in [3.8, 4) is 0 Å². The Hall–Kier alpha value is 0.400. The van der Waals surface area contributed by atoms with E-state index in [-0.39, 0.29) is 15.5 Å². The van der Waals surface area contributed by atoms with E-state index in [1.165, 1.54) is 0 Å². The second-order valence-electron chi connectivity index (χ2n) is 1.99. The van der Waals surface area contributed by atoms with E-state index in [1.807, 2.05) is 60.7 Å². The molecule has 0 bridgehead atoms. The fraction of sp³-hybridized carbons (Fsp3) is 0. The van der Waals surface area contributed by atoms with Crippen molar-refractivity contribution in [3.05, 3.63) is 60.7 Å². The minimum absolute atomic E-state index is 0.208. The van der Waals surface area contributed by atoms with Gasteiger partial charge in [-0.1, -0.05) is 0 Å². The zero-order valence-electron chi connectivity index (χ0n) is 6.98. The van der Waals surface area contributed by atoms with Crippen molar-refractivity contribution < 1.29 is 15.5 Å². The molecule has 0 amide bonds. The summed E-state index contributed by atoms with van der Waals surface area (Å²) >= 11 is 6.28. The SMILES string of the molecule is [Br][Ta][Br].c1cc[cH-]c1.c1cc[cH-]c1. The van der Waals surface area contributed by atoms with Gasteiger partial charge in [-0.25, -0.2) is 24.3 Å². The second kappa shape index (κ2) is 12.4. The molecule has 0 atom stereocenters. The summed E-state index contributed by atoms with van der Waals surface area (Å²) in [5, 5.41) is 0. The van der Waals surface area contributed by atoms with Gasteiger partial charge in [0.1, 0.15) is 0 Å². The maximum absolute atomic E-state index is 3.24. The number of hydrogen-bond donors (Lipinski definition) is 0. The Morgan fingerprint density at radius 2 is 0.923 bits per heavy atom. The van der Waals surface area contributed by atoms with Crippen LogP contribution in [0.1, 0.15) is 0 Å². The maximum Gasteiger partial charge on any atom is -0.172 e. The Balaban J connectivity index is 0.000000174. The van der Waals surface area contributed by atoms with E-state index in [0.717, 1.165) is 0 Å². The van der Waals surface area contributed by atoms with Gasteiger partial charge in [0, 0.05) is 0 Å². The van der Waals surface area contributed by atoms with Crippen LogP contribution in [0.15, 0.2) is 60.7 Å². The average molecular weight is 471 g/mol. The number of halogens is 2. The molecule has 0 aromatic heterocycles. The van der Waals surface area contributed by atoms with Crippen LogP contribution in [0.25, 0.3) is 0 Å². The molecule has 0 heterocycles. The smallest absolute Gasteiger partial charge is 0.172 e. The molecule has 2 aromatic rings. The van der Waals surface area contributed by atoms with Gasteiger partial charge in [-0.3, -0.25) is 0 Å². The first kappa shape index (κ1) is 13.4. The van der Waals surface area contributed by atoms with Crippen molar-refractivity contribution in [3.63, 3.8) is 0 Å². The first-order chi connectivity index (χ1) is 6.41. The average Bonchev–Trinajstić information content (AvgIpc) is 2.85. The Morgan fingerprint density at radius 1 is 0.692 bits per heavy atom. The standard InChI is InChI=1S/2C5H5.2BrH.Ta/c2*1-2-4-5-3-1;;;/h2*1-5H;2*1H;/q2*-1;;;+2/p-2. The number of rotatable bonds is 0. The summed E-state index contributed by atoms with van der Waals surface area (Å²) in [7, 11) is 0. The summed E-state index contributed by atoms with van der Waals surface area (Å²) in [4.78, 5) is 0. The van der Waals surface area contributed by atoms with Crippen molar-refractivity contribution in [1.82, 2.24) is 0 Å². The molecule has 0 aliphatic heterocycles. The van der Waals surface area contributed by atoms with Crippen LogP contribution in [-0.2, 0) is 15.5 Å². The fourth-order valence-corrected chi connectivity index (χ4v) is 0.642. The monoisotopic (exact) mass is 469 g/mol. The van der Waals surface area contributed by atoms with Crippen molar-refractivity contribution in [1.29, 1.82) is 0 Å². The van der Waals surface area contributed by atoms with Crippen LogP contribution >= 0.6 is 26.0 Å². The van der Waals surface area contributed by atoms with Crippen molar-refractivity contribution >= 4 is 26.0 Å². The molecule has 0 nitrogen and oxygen atoms in total. The van der Waals surface area contributed by atoms with Gasteiger partial charge in [0.25, 0.3) is 0 Å². The van der Waals surface area contributed by atoms with Gasteiger partial charge in [-0.15, -0.1) is 0 Å². The molecule has 13 heavy (non-hydrogen) atoms. The van der Waals surface area contributed by atoms with E-state index < -0.39 is 0 Å². The summed E-state index contributed by atoms with van der Waals surface area (Å²) in [5.41, 5.74) is 0. The van der Waals surface area contributed by atoms with Gasteiger partial charge in [-0.2, -0.15) is 36.4 Å². The second-order valence-corrected chi connectivity index (χ2v) is 16.0. The van der Waals surface area contributed by atoms with Crippen LogP contribution in [0.4, 0.5) is 0 Å². The normalized spacial score (nSPS) is 7.23. The third kappa shape index (κ3) is 12.4. The molecular formula is C10H10Br2Ta-2. The van der Waals surface area contributed by atoms with Crippen molar-refractivity contribution in [2.75, 3.05) is 0 Å². The summed E-state index contributed by atoms with van der Waals surface area (Å²) < 4.78 is 0. The topological polar surface area (TPSA) is 0 Å². The van der Waals surface area contributed by atoms with Crippen molar-refractivity contribution in [2.45, 2.75) is 0 Å². The molecular weight excluding hydrogens is 461 g/mol. The first-order valence-electron chi connectivity index (χ1n) is 3.67. The molecule has 0 saturated carbocycles. The van der Waals surface area contributed by atoms with E-state index in [2.05, 4.69) is 26.0 Å². The number of hydrogen-bond acceptors (Lipinski definition) is 0. The molecule has 3 heteroatoms. The molecule has 0 aliphatic rings. The Labute approximate surface area is 101 Å². The van der Waals surface area contributed by atoms with Gasteiger partial charge in [0.2, 0.25) is 0 Å². The first-order valence-corrected chi connectivity index (χ1v) is 17.7. The van der Waals surface area contributed by atoms with Crippen LogP contribution in [0, 0.1) is 0 Å². The molecule has 2 aromatic carbocycles. The van der Waals surface area contributed by atoms with Crippen molar-refractivity contribution in [2.24, 2.45) is 0 Å². The summed E-state index contributed by atoms with van der Waals surface area (Å²) in [6.45, 7) is 0. The molecule has 71 valence electrons. The zero-order valence-corrected chi connectivity index (χ0v) is 13.4. The Morgan fingerprint density at radius 3 is 1.00 bits per heavy atom. The maximum atomic E-state index is 3.24. The van der Waals surface area contributed by atoms with E-state index in [9.17, 15) is 0 Å². The molecule has 0 fully saturated rings. The molecule has 0 aliphatic carbocycles. The summed E-state index contributed by atoms with van der Waals surface area (Å²) in [6.07, 6.45) is 0. The molecule has 0 N–H and O–H groups in total. The van der Waals surface area contributed by atoms with Gasteiger partial charge < -0.3 is 0 Å². The van der Waals surface area contributed by atoms with E-state index >= 15 is 0 Å². The van der Waals surface area contributed by atoms with Crippen LogP contribution < -0.4 is 0 Å². The Kier molecular flexibility index (Phi) is 12.8. The largest absolute Gasteiger partial charge is 0.214 e. The van der Waals surface area contributed by atoms with Crippen LogP contribution in [0.2, 0.25) is 0 Å². The predicted octanol–water partition coefficient (Wildman–Crippen LogP) is 4.50. The van der Waals surface area contributed by atoms with E-state index in [1.54, 1.807) is 0 Å². The van der Waals surface area contributed by atoms with Gasteiger partial charge in [0.05, 0.1) is 0 Å². The molecule has 0 spiro atoms. The zero-order chi connectivity index (χ0) is 9.78. The minimum Gasteiger partial charge on any atom is -0.214 e. The van der Waals surface area contributed by atoms with Crippen LogP contribution in [0.3, 0.4) is 0 Å². The van der Waals surface area contributed by atoms with Gasteiger partial charge in [0.15, 0.2) is 0 Å². The van der Waals surface area contributed by atoms with Crippen LogP contribution in [0.5, 0.6) is 0 Å². The third-order valence-electron chi connectivity index (χ3n) is 1.11. The molecule has 0 radical (unpaired) electrons. The van der Waals surface area contributed by atoms with Crippen LogP contribution in [-0.4, -0.2) is 0 Å². The third-order valence-corrected chi connectivity index (χ3v) is 1.11. The predicted molar refractivity (Wildman–Crippen MR) is 61.9 cm³/mol. The Bertz CT molecular complexity index is 165. The summed E-state index contributed by atoms with van der Waals surface area (Å²) in [6, 6.07) is 20.0. The van der Waals surface area contributed by atoms with E-state index in [0.29, 0.717) is 0 Å². The van der Waals surface area contributed by atoms with Gasteiger partial charge >= 0.3 is 41.5 Å². The molecule has 2 rings (SSSR count). The minimum atomic E-state index is -0.208. The summed E-state index contributed by atoms with van der Waals surface area (Å²) in [5.74, 6) is 0. The molecule has 0 unspecified atom stereocenters. The molecule has 0 saturated heterocycles. The quantitative estimate of drug-likeness (QED) is 0.497. The van der Waals surface area contributed by atoms with E-state index in [4.69, 9.17) is 0 Å². The van der Waals surface area contributed by atoms with Gasteiger partial charge in [-0.05, 0) is 0 Å².